The fraction of sp³-hybridized carbons (Fsp3) is 0.381. The Bertz CT molecular complexity index is 1000. The molecule has 2 aromatic heterocycles. The van der Waals surface area contributed by atoms with Gasteiger partial charge in [-0.1, -0.05) is 30.3 Å². The number of aromatic nitrogens is 4. The van der Waals surface area contributed by atoms with Crippen LogP contribution in [0.4, 0.5) is 0 Å². The normalized spacial score (nSPS) is 17.1. The van der Waals surface area contributed by atoms with E-state index in [4.69, 9.17) is 0 Å². The van der Waals surface area contributed by atoms with E-state index in [0.717, 1.165) is 29.2 Å². The van der Waals surface area contributed by atoms with Gasteiger partial charge in [-0.25, -0.2) is 0 Å². The second kappa shape index (κ2) is 7.24. The highest BCUT2D eigenvalue weighted by Gasteiger charge is 2.28. The molecule has 146 valence electrons. The van der Waals surface area contributed by atoms with E-state index in [0.29, 0.717) is 18.8 Å². The van der Waals surface area contributed by atoms with Crippen LogP contribution in [0.2, 0.25) is 0 Å². The van der Waals surface area contributed by atoms with Gasteiger partial charge in [-0.05, 0) is 25.5 Å². The van der Waals surface area contributed by atoms with Crippen LogP contribution in [-0.4, -0.2) is 50.0 Å². The van der Waals surface area contributed by atoms with Crippen molar-refractivity contribution in [2.75, 3.05) is 19.6 Å². The van der Waals surface area contributed by atoms with Crippen molar-refractivity contribution in [3.05, 3.63) is 59.0 Å². The smallest absolute Gasteiger partial charge is 0.272 e. The highest BCUT2D eigenvalue weighted by molar-refractivity contribution is 5.94. The Balaban J connectivity index is 1.59. The van der Waals surface area contributed by atoms with E-state index in [1.807, 2.05) is 61.8 Å². The number of piperazine rings is 1. The van der Waals surface area contributed by atoms with Gasteiger partial charge in [0.15, 0.2) is 0 Å². The topological polar surface area (TPSA) is 68.0 Å². The number of nitrogens with one attached hydrogen (secondary N) is 1. The summed E-state index contributed by atoms with van der Waals surface area (Å²) in [4.78, 5) is 15.1. The van der Waals surface area contributed by atoms with Gasteiger partial charge in [0.2, 0.25) is 0 Å². The standard InChI is InChI=1S/C21H26N6O/c1-14-20(15(2)25(3)23-14)17-12-19(26(4)24-17)21(28)27-11-10-22-18(13-27)16-8-6-5-7-9-16/h5-9,12,18,22H,10-11,13H2,1-4H3/t18-/m0/s1. The Morgan fingerprint density at radius 1 is 1.11 bits per heavy atom. The molecule has 4 rings (SSSR count). The van der Waals surface area contributed by atoms with Gasteiger partial charge < -0.3 is 10.2 Å². The fourth-order valence-corrected chi connectivity index (χ4v) is 3.94. The third kappa shape index (κ3) is 3.22. The zero-order valence-corrected chi connectivity index (χ0v) is 16.8. The Labute approximate surface area is 165 Å². The van der Waals surface area contributed by atoms with E-state index >= 15 is 0 Å². The van der Waals surface area contributed by atoms with Gasteiger partial charge in [0.05, 0.1) is 11.4 Å². The van der Waals surface area contributed by atoms with Crippen LogP contribution < -0.4 is 5.32 Å². The van der Waals surface area contributed by atoms with Crippen LogP contribution in [-0.2, 0) is 14.1 Å². The molecule has 0 unspecified atom stereocenters. The minimum absolute atomic E-state index is 0.0166. The Morgan fingerprint density at radius 2 is 1.86 bits per heavy atom. The number of rotatable bonds is 3. The number of carbonyl (C=O) groups is 1. The lowest BCUT2D eigenvalue weighted by Gasteiger charge is -2.34. The first-order valence-corrected chi connectivity index (χ1v) is 9.58. The summed E-state index contributed by atoms with van der Waals surface area (Å²) in [5, 5.41) is 12.6. The number of benzene rings is 1. The van der Waals surface area contributed by atoms with E-state index in [9.17, 15) is 4.79 Å². The first kappa shape index (κ1) is 18.4. The zero-order chi connectivity index (χ0) is 19.8. The van der Waals surface area contributed by atoms with Gasteiger partial charge in [-0.2, -0.15) is 10.2 Å². The average molecular weight is 378 g/mol. The molecule has 1 aliphatic heterocycles. The van der Waals surface area contributed by atoms with Gasteiger partial charge >= 0.3 is 0 Å². The molecule has 1 amide bonds. The predicted octanol–water partition coefficient (Wildman–Crippen LogP) is 2.22. The van der Waals surface area contributed by atoms with Crippen molar-refractivity contribution in [1.29, 1.82) is 0 Å². The van der Waals surface area contributed by atoms with Crippen LogP contribution in [0.1, 0.15) is 33.5 Å². The molecule has 7 nitrogen and oxygen atoms in total. The number of nitrogens with zero attached hydrogens (tertiary/aromatic N) is 5. The molecular weight excluding hydrogens is 352 g/mol. The van der Waals surface area contributed by atoms with E-state index in [1.165, 1.54) is 5.56 Å². The fourth-order valence-electron chi connectivity index (χ4n) is 3.94. The molecule has 7 heteroatoms. The molecule has 3 heterocycles. The summed E-state index contributed by atoms with van der Waals surface area (Å²) in [6.45, 7) is 6.10. The maximum absolute atomic E-state index is 13.2. The number of aryl methyl sites for hydroxylation is 3. The summed E-state index contributed by atoms with van der Waals surface area (Å²) in [6, 6.07) is 12.3. The SMILES string of the molecule is Cc1nn(C)c(C)c1-c1cc(C(=O)N2CCN[C@H](c3ccccc3)C2)n(C)n1. The molecule has 1 aromatic carbocycles. The molecule has 1 saturated heterocycles. The molecule has 28 heavy (non-hydrogen) atoms. The lowest BCUT2D eigenvalue weighted by molar-refractivity contribution is 0.0692. The van der Waals surface area contributed by atoms with Gasteiger partial charge in [0.25, 0.3) is 5.91 Å². The minimum Gasteiger partial charge on any atom is -0.334 e. The van der Waals surface area contributed by atoms with E-state index in [-0.39, 0.29) is 11.9 Å². The van der Waals surface area contributed by atoms with Gasteiger partial charge in [-0.3, -0.25) is 14.2 Å². The molecule has 1 atom stereocenters. The first-order valence-electron chi connectivity index (χ1n) is 9.58. The summed E-state index contributed by atoms with van der Waals surface area (Å²) in [5.41, 5.74) is 5.56. The summed E-state index contributed by atoms with van der Waals surface area (Å²) >= 11 is 0. The molecule has 3 aromatic rings. The highest BCUT2D eigenvalue weighted by Crippen LogP contribution is 2.27. The van der Waals surface area contributed by atoms with Crippen LogP contribution in [0.3, 0.4) is 0 Å². The Morgan fingerprint density at radius 3 is 2.54 bits per heavy atom. The predicted molar refractivity (Wildman–Crippen MR) is 108 cm³/mol. The highest BCUT2D eigenvalue weighted by atomic mass is 16.2. The van der Waals surface area contributed by atoms with Crippen molar-refractivity contribution in [2.24, 2.45) is 14.1 Å². The van der Waals surface area contributed by atoms with Crippen molar-refractivity contribution < 1.29 is 4.79 Å². The zero-order valence-electron chi connectivity index (χ0n) is 16.8. The molecule has 0 aliphatic carbocycles. The molecule has 0 spiro atoms. The summed E-state index contributed by atoms with van der Waals surface area (Å²) in [7, 11) is 3.75. The van der Waals surface area contributed by atoms with Crippen LogP contribution in [0, 0.1) is 13.8 Å². The molecule has 0 saturated carbocycles. The third-order valence-electron chi connectivity index (χ3n) is 5.53. The van der Waals surface area contributed by atoms with E-state index in [1.54, 1.807) is 4.68 Å². The molecule has 1 fully saturated rings. The number of hydrogen-bond acceptors (Lipinski definition) is 4. The monoisotopic (exact) mass is 378 g/mol. The summed E-state index contributed by atoms with van der Waals surface area (Å²) in [6.07, 6.45) is 0. The largest absolute Gasteiger partial charge is 0.334 e. The summed E-state index contributed by atoms with van der Waals surface area (Å²) in [5.74, 6) is 0.0166. The van der Waals surface area contributed by atoms with Crippen LogP contribution in [0.5, 0.6) is 0 Å². The minimum atomic E-state index is 0.0166. The quantitative estimate of drug-likeness (QED) is 0.759. The summed E-state index contributed by atoms with van der Waals surface area (Å²) < 4.78 is 3.53. The second-order valence-corrected chi connectivity index (χ2v) is 7.38. The van der Waals surface area contributed by atoms with Gasteiger partial charge in [0.1, 0.15) is 5.69 Å². The van der Waals surface area contributed by atoms with Gasteiger partial charge in [0, 0.05) is 51.0 Å². The van der Waals surface area contributed by atoms with Gasteiger partial charge in [-0.15, -0.1) is 0 Å². The van der Waals surface area contributed by atoms with Crippen molar-refractivity contribution in [3.8, 4) is 11.3 Å². The second-order valence-electron chi connectivity index (χ2n) is 7.38. The lowest BCUT2D eigenvalue weighted by atomic mass is 10.0. The first-order chi connectivity index (χ1) is 13.5. The Hall–Kier alpha value is -2.93. The van der Waals surface area contributed by atoms with Crippen LogP contribution >= 0.6 is 0 Å². The molecule has 1 N–H and O–H groups in total. The molecule has 0 radical (unpaired) electrons. The van der Waals surface area contributed by atoms with E-state index < -0.39 is 0 Å². The maximum Gasteiger partial charge on any atom is 0.272 e. The lowest BCUT2D eigenvalue weighted by Crippen LogP contribution is -2.48. The van der Waals surface area contributed by atoms with E-state index in [2.05, 4.69) is 27.6 Å². The van der Waals surface area contributed by atoms with Crippen molar-refractivity contribution >= 4 is 5.91 Å². The average Bonchev–Trinajstić information content (AvgIpc) is 3.20. The van der Waals surface area contributed by atoms with Crippen LogP contribution in [0.15, 0.2) is 36.4 Å². The van der Waals surface area contributed by atoms with Crippen LogP contribution in [0.25, 0.3) is 11.3 Å². The van der Waals surface area contributed by atoms with Crippen molar-refractivity contribution in [2.45, 2.75) is 19.9 Å². The third-order valence-corrected chi connectivity index (χ3v) is 5.53. The Kier molecular flexibility index (Phi) is 4.77. The number of carbonyl (C=O) groups excluding carboxylic acids is 1. The molecule has 0 bridgehead atoms. The van der Waals surface area contributed by atoms with Crippen molar-refractivity contribution in [1.82, 2.24) is 29.8 Å². The number of amides is 1. The maximum atomic E-state index is 13.2. The molecular formula is C21H26N6O. The molecule has 1 aliphatic rings. The number of hydrogen-bond donors (Lipinski definition) is 1. The van der Waals surface area contributed by atoms with Crippen molar-refractivity contribution in [3.63, 3.8) is 0 Å².